The molecule has 13 heteroatoms. The molecule has 1 saturated heterocycles. The monoisotopic (exact) mass is 576 g/mol. The second-order valence-corrected chi connectivity index (χ2v) is 12.0. The summed E-state index contributed by atoms with van der Waals surface area (Å²) in [5, 5.41) is 15.7. The average Bonchev–Trinajstić information content (AvgIpc) is 2.93. The summed E-state index contributed by atoms with van der Waals surface area (Å²) in [6.07, 6.45) is 2.46. The lowest BCUT2D eigenvalue weighted by Gasteiger charge is -2.26. The number of aromatic nitrogens is 4. The van der Waals surface area contributed by atoms with E-state index in [-0.39, 0.29) is 29.2 Å². The van der Waals surface area contributed by atoms with Crippen molar-refractivity contribution in [3.8, 4) is 17.2 Å². The number of rotatable bonds is 8. The van der Waals surface area contributed by atoms with Gasteiger partial charge in [0.1, 0.15) is 17.6 Å². The number of benzene rings is 1. The molecule has 11 nitrogen and oxygen atoms in total. The standard InChI is InChI=1S/C28H29FN8O3S/c1-17(2)37-26-21(13-33-28(35-26)34-23-10-22(29)14-31-15-23)9-24(27(37)38)20-7-8-25(32-12-20)36-41(39,40)16-19-5-3-18(11-30)4-6-19/h3-9,12-13,17,22-23,31H,10,14-16H2,1-2H3,(H,32,36)(H,33,34,35)/t22-,23-/m0/s1. The lowest BCUT2D eigenvalue weighted by Crippen LogP contribution is -2.44. The van der Waals surface area contributed by atoms with Gasteiger partial charge in [0.25, 0.3) is 5.56 Å². The second-order valence-electron chi connectivity index (χ2n) is 10.2. The van der Waals surface area contributed by atoms with Crippen LogP contribution in [-0.4, -0.2) is 53.2 Å². The number of alkyl halides is 1. The fraction of sp³-hybridized carbons (Fsp3) is 0.321. The number of hydrogen-bond donors (Lipinski definition) is 3. The normalized spacial score (nSPS) is 17.3. The first-order chi connectivity index (χ1) is 19.6. The van der Waals surface area contributed by atoms with Gasteiger partial charge in [0.2, 0.25) is 16.0 Å². The zero-order chi connectivity index (χ0) is 29.1. The highest BCUT2D eigenvalue weighted by molar-refractivity contribution is 7.91. The van der Waals surface area contributed by atoms with Gasteiger partial charge in [-0.3, -0.25) is 14.1 Å². The van der Waals surface area contributed by atoms with Crippen molar-refractivity contribution in [3.05, 3.63) is 76.3 Å². The maximum atomic E-state index is 13.8. The maximum Gasteiger partial charge on any atom is 0.260 e. The van der Waals surface area contributed by atoms with E-state index in [0.717, 1.165) is 0 Å². The van der Waals surface area contributed by atoms with Crippen molar-refractivity contribution in [3.63, 3.8) is 0 Å². The molecular weight excluding hydrogens is 547 g/mol. The molecule has 4 aromatic rings. The van der Waals surface area contributed by atoms with Gasteiger partial charge in [0.15, 0.2) is 0 Å². The highest BCUT2D eigenvalue weighted by Gasteiger charge is 2.22. The zero-order valence-electron chi connectivity index (χ0n) is 22.5. The number of piperidine rings is 1. The van der Waals surface area contributed by atoms with E-state index in [1.807, 2.05) is 19.9 Å². The quantitative estimate of drug-likeness (QED) is 0.286. The minimum absolute atomic E-state index is 0.110. The fourth-order valence-corrected chi connectivity index (χ4v) is 5.90. The fourth-order valence-electron chi connectivity index (χ4n) is 4.76. The Morgan fingerprint density at radius 1 is 1.15 bits per heavy atom. The van der Waals surface area contributed by atoms with Crippen LogP contribution in [0.25, 0.3) is 22.2 Å². The van der Waals surface area contributed by atoms with Crippen molar-refractivity contribution >= 4 is 32.8 Å². The number of sulfonamides is 1. The number of halogens is 1. The molecule has 1 aliphatic rings. The van der Waals surface area contributed by atoms with Crippen LogP contribution in [-0.2, 0) is 15.8 Å². The molecule has 41 heavy (non-hydrogen) atoms. The topological polar surface area (TPSA) is 155 Å². The molecule has 5 rings (SSSR count). The lowest BCUT2D eigenvalue weighted by atomic mass is 10.1. The Hall–Kier alpha value is -4.41. The third-order valence-corrected chi connectivity index (χ3v) is 7.93. The molecule has 0 spiro atoms. The summed E-state index contributed by atoms with van der Waals surface area (Å²) < 4.78 is 43.1. The van der Waals surface area contributed by atoms with Crippen molar-refractivity contribution in [1.29, 1.82) is 5.26 Å². The molecular formula is C28H29FN8O3S. The molecule has 0 bridgehead atoms. The molecule has 0 unspecified atom stereocenters. The average molecular weight is 577 g/mol. The summed E-state index contributed by atoms with van der Waals surface area (Å²) in [7, 11) is -3.77. The summed E-state index contributed by atoms with van der Waals surface area (Å²) in [5.74, 6) is 0.146. The highest BCUT2D eigenvalue weighted by Crippen LogP contribution is 2.24. The molecule has 3 aromatic heterocycles. The molecule has 2 atom stereocenters. The number of hydrogen-bond acceptors (Lipinski definition) is 9. The number of nitrogens with one attached hydrogen (secondary N) is 3. The zero-order valence-corrected chi connectivity index (χ0v) is 23.3. The van der Waals surface area contributed by atoms with Crippen molar-refractivity contribution in [1.82, 2.24) is 24.8 Å². The van der Waals surface area contributed by atoms with E-state index in [2.05, 4.69) is 30.3 Å². The first-order valence-corrected chi connectivity index (χ1v) is 14.8. The van der Waals surface area contributed by atoms with Crippen LogP contribution >= 0.6 is 0 Å². The van der Waals surface area contributed by atoms with Crippen LogP contribution in [0.4, 0.5) is 16.2 Å². The molecule has 212 valence electrons. The van der Waals surface area contributed by atoms with Gasteiger partial charge < -0.3 is 10.6 Å². The van der Waals surface area contributed by atoms with Crippen molar-refractivity contribution in [2.24, 2.45) is 0 Å². The predicted molar refractivity (Wildman–Crippen MR) is 155 cm³/mol. The Morgan fingerprint density at radius 2 is 1.93 bits per heavy atom. The number of nitriles is 1. The maximum absolute atomic E-state index is 13.8. The lowest BCUT2D eigenvalue weighted by molar-refractivity contribution is 0.254. The van der Waals surface area contributed by atoms with Crippen LogP contribution in [0.3, 0.4) is 0 Å². The van der Waals surface area contributed by atoms with Gasteiger partial charge >= 0.3 is 0 Å². The largest absolute Gasteiger partial charge is 0.350 e. The molecule has 0 aliphatic carbocycles. The van der Waals surface area contributed by atoms with Gasteiger partial charge in [-0.2, -0.15) is 10.2 Å². The first-order valence-electron chi connectivity index (χ1n) is 13.1. The van der Waals surface area contributed by atoms with E-state index >= 15 is 0 Å². The van der Waals surface area contributed by atoms with Gasteiger partial charge in [-0.05, 0) is 49.7 Å². The summed E-state index contributed by atoms with van der Waals surface area (Å²) in [4.78, 5) is 26.8. The van der Waals surface area contributed by atoms with Crippen LogP contribution in [0, 0.1) is 11.3 Å². The summed E-state index contributed by atoms with van der Waals surface area (Å²) in [6.45, 7) is 4.67. The highest BCUT2D eigenvalue weighted by atomic mass is 32.2. The van der Waals surface area contributed by atoms with E-state index in [1.54, 1.807) is 47.2 Å². The van der Waals surface area contributed by atoms with Gasteiger partial charge in [0.05, 0.1) is 17.4 Å². The van der Waals surface area contributed by atoms with Gasteiger partial charge in [-0.1, -0.05) is 12.1 Å². The molecule has 1 aromatic carbocycles. The van der Waals surface area contributed by atoms with Crippen molar-refractivity contribution in [2.45, 2.75) is 44.3 Å². The van der Waals surface area contributed by atoms with E-state index in [1.165, 1.54) is 12.3 Å². The Labute approximate surface area is 236 Å². The number of fused-ring (bicyclic) bond motifs is 1. The molecule has 0 radical (unpaired) electrons. The number of nitrogens with zero attached hydrogens (tertiary/aromatic N) is 5. The van der Waals surface area contributed by atoms with E-state index < -0.39 is 16.2 Å². The Kier molecular flexibility index (Phi) is 7.96. The Balaban J connectivity index is 1.39. The Morgan fingerprint density at radius 3 is 2.59 bits per heavy atom. The molecule has 1 fully saturated rings. The van der Waals surface area contributed by atoms with Gasteiger partial charge in [0, 0.05) is 60.5 Å². The third kappa shape index (κ3) is 6.50. The minimum atomic E-state index is -3.77. The van der Waals surface area contributed by atoms with Crippen LogP contribution in [0.2, 0.25) is 0 Å². The van der Waals surface area contributed by atoms with E-state index in [9.17, 15) is 17.6 Å². The van der Waals surface area contributed by atoms with Crippen molar-refractivity contribution in [2.75, 3.05) is 23.1 Å². The van der Waals surface area contributed by atoms with E-state index in [4.69, 9.17) is 5.26 Å². The summed E-state index contributed by atoms with van der Waals surface area (Å²) in [5.41, 5.74) is 2.01. The molecule has 0 saturated carbocycles. The third-order valence-electron chi connectivity index (χ3n) is 6.69. The molecule has 0 amide bonds. The number of anilines is 2. The minimum Gasteiger partial charge on any atom is -0.350 e. The van der Waals surface area contributed by atoms with Crippen LogP contribution in [0.5, 0.6) is 0 Å². The first kappa shape index (κ1) is 28.1. The molecule has 1 aliphatic heterocycles. The molecule has 3 N–H and O–H groups in total. The van der Waals surface area contributed by atoms with Gasteiger partial charge in [-0.15, -0.1) is 0 Å². The van der Waals surface area contributed by atoms with Gasteiger partial charge in [-0.25, -0.2) is 22.8 Å². The smallest absolute Gasteiger partial charge is 0.260 e. The second kappa shape index (κ2) is 11.6. The Bertz CT molecular complexity index is 1770. The van der Waals surface area contributed by atoms with Crippen molar-refractivity contribution < 1.29 is 12.8 Å². The SMILES string of the molecule is CC(C)n1c(=O)c(-c2ccc(NS(=O)(=O)Cc3ccc(C#N)cc3)nc2)cc2cnc(N[C@@H]3CNC[C@@H](F)C3)nc21. The van der Waals surface area contributed by atoms with Crippen LogP contribution in [0.1, 0.15) is 37.4 Å². The molecule has 4 heterocycles. The van der Waals surface area contributed by atoms with Crippen LogP contribution < -0.4 is 20.9 Å². The van der Waals surface area contributed by atoms with Crippen LogP contribution in [0.15, 0.2) is 59.7 Å². The predicted octanol–water partition coefficient (Wildman–Crippen LogP) is 3.36. The number of pyridine rings is 2. The summed E-state index contributed by atoms with van der Waals surface area (Å²) >= 11 is 0. The summed E-state index contributed by atoms with van der Waals surface area (Å²) in [6, 6.07) is 12.7. The van der Waals surface area contributed by atoms with E-state index in [0.29, 0.717) is 58.7 Å².